The summed E-state index contributed by atoms with van der Waals surface area (Å²) in [5.41, 5.74) is -0.719. The van der Waals surface area contributed by atoms with E-state index >= 15 is 0 Å². The van der Waals surface area contributed by atoms with Crippen LogP contribution in [0.3, 0.4) is 0 Å². The third kappa shape index (κ3) is 4.49. The molecule has 0 aliphatic heterocycles. The molecule has 2 nitrogen and oxygen atoms in total. The molecule has 1 saturated carbocycles. The van der Waals surface area contributed by atoms with Crippen LogP contribution < -0.4 is 5.32 Å². The zero-order valence-corrected chi connectivity index (χ0v) is 13.8. The van der Waals surface area contributed by atoms with Gasteiger partial charge in [-0.05, 0) is 48.8 Å². The Labute approximate surface area is 135 Å². The molecule has 1 aromatic rings. The Bertz CT molecular complexity index is 553. The number of alkyl halides is 3. The number of rotatable bonds is 3. The van der Waals surface area contributed by atoms with Gasteiger partial charge in [-0.15, -0.1) is 0 Å². The molecule has 128 valence electrons. The van der Waals surface area contributed by atoms with Gasteiger partial charge in [0.15, 0.2) is 0 Å². The molecule has 23 heavy (non-hydrogen) atoms. The Morgan fingerprint density at radius 1 is 1.26 bits per heavy atom. The molecule has 0 radical (unpaired) electrons. The Morgan fingerprint density at radius 2 is 1.96 bits per heavy atom. The van der Waals surface area contributed by atoms with Gasteiger partial charge >= 0.3 is 6.18 Å². The first-order valence-corrected chi connectivity index (χ1v) is 8.16. The summed E-state index contributed by atoms with van der Waals surface area (Å²) in [6, 6.07) is 4.64. The summed E-state index contributed by atoms with van der Waals surface area (Å²) in [5.74, 6) is 0.924. The van der Waals surface area contributed by atoms with Crippen molar-refractivity contribution in [3.8, 4) is 0 Å². The Balaban J connectivity index is 2.14. The van der Waals surface area contributed by atoms with Crippen molar-refractivity contribution in [2.45, 2.75) is 52.3 Å². The molecule has 1 aliphatic rings. The monoisotopic (exact) mass is 327 g/mol. The normalized spacial score (nSPS) is 25.4. The van der Waals surface area contributed by atoms with Crippen molar-refractivity contribution in [3.05, 3.63) is 35.4 Å². The van der Waals surface area contributed by atoms with Crippen LogP contribution in [0.15, 0.2) is 24.3 Å². The molecule has 2 rings (SSSR count). The Hall–Kier alpha value is -1.52. The second kappa shape index (κ2) is 6.93. The second-order valence-electron chi connectivity index (χ2n) is 6.98. The van der Waals surface area contributed by atoms with Crippen molar-refractivity contribution < 1.29 is 18.0 Å². The van der Waals surface area contributed by atoms with Gasteiger partial charge in [-0.2, -0.15) is 13.2 Å². The number of hydrogen-bond acceptors (Lipinski definition) is 1. The van der Waals surface area contributed by atoms with Crippen LogP contribution in [-0.4, -0.2) is 11.9 Å². The molecule has 5 heteroatoms. The first-order valence-electron chi connectivity index (χ1n) is 8.16. The lowest BCUT2D eigenvalue weighted by atomic mass is 9.74. The summed E-state index contributed by atoms with van der Waals surface area (Å²) < 4.78 is 38.3. The van der Waals surface area contributed by atoms with E-state index in [9.17, 15) is 18.0 Å². The first-order chi connectivity index (χ1) is 10.7. The van der Waals surface area contributed by atoms with E-state index in [4.69, 9.17) is 0 Å². The highest BCUT2D eigenvalue weighted by Gasteiger charge is 2.33. The first kappa shape index (κ1) is 17.8. The molecule has 1 aromatic carbocycles. The quantitative estimate of drug-likeness (QED) is 0.841. The van der Waals surface area contributed by atoms with Crippen LogP contribution in [0.2, 0.25) is 0 Å². The number of carbonyl (C=O) groups is 1. The summed E-state index contributed by atoms with van der Waals surface area (Å²) in [4.78, 5) is 12.4. The molecule has 1 fully saturated rings. The largest absolute Gasteiger partial charge is 0.416 e. The van der Waals surface area contributed by atoms with Gasteiger partial charge in [0.25, 0.3) is 5.91 Å². The standard InChI is InChI=1S/C18H24F3NO/c1-11(2)15-8-7-12(3)9-16(15)22-17(23)13-5-4-6-14(10-13)18(19,20)21/h4-6,10-12,15-16H,7-9H2,1-3H3,(H,22,23). The van der Waals surface area contributed by atoms with E-state index in [0.717, 1.165) is 31.4 Å². The molecule has 3 unspecified atom stereocenters. The fraction of sp³-hybridized carbons (Fsp3) is 0.611. The van der Waals surface area contributed by atoms with Crippen LogP contribution in [0.1, 0.15) is 56.0 Å². The lowest BCUT2D eigenvalue weighted by Crippen LogP contribution is -2.45. The third-order valence-electron chi connectivity index (χ3n) is 4.79. The zero-order chi connectivity index (χ0) is 17.2. The maximum atomic E-state index is 12.8. The number of nitrogens with one attached hydrogen (secondary N) is 1. The van der Waals surface area contributed by atoms with Crippen LogP contribution in [0, 0.1) is 17.8 Å². The van der Waals surface area contributed by atoms with E-state index in [0.29, 0.717) is 17.8 Å². The molecule has 0 bridgehead atoms. The van der Waals surface area contributed by atoms with E-state index < -0.39 is 17.6 Å². The molecular formula is C18H24F3NO. The molecule has 1 N–H and O–H groups in total. The zero-order valence-electron chi connectivity index (χ0n) is 13.8. The fourth-order valence-corrected chi connectivity index (χ4v) is 3.46. The minimum absolute atomic E-state index is 0.0285. The van der Waals surface area contributed by atoms with Gasteiger partial charge in [0, 0.05) is 11.6 Å². The highest BCUT2D eigenvalue weighted by molar-refractivity contribution is 5.94. The predicted molar refractivity (Wildman–Crippen MR) is 84.0 cm³/mol. The van der Waals surface area contributed by atoms with Crippen LogP contribution in [0.25, 0.3) is 0 Å². The Morgan fingerprint density at radius 3 is 2.57 bits per heavy atom. The van der Waals surface area contributed by atoms with Gasteiger partial charge < -0.3 is 5.32 Å². The van der Waals surface area contributed by atoms with Crippen molar-refractivity contribution in [2.75, 3.05) is 0 Å². The summed E-state index contributed by atoms with van der Waals surface area (Å²) in [6.45, 7) is 6.41. The van der Waals surface area contributed by atoms with E-state index in [1.54, 1.807) is 0 Å². The predicted octanol–water partition coefficient (Wildman–Crippen LogP) is 4.90. The molecule has 1 aliphatic carbocycles. The minimum Gasteiger partial charge on any atom is -0.349 e. The van der Waals surface area contributed by atoms with E-state index in [1.165, 1.54) is 12.1 Å². The number of amides is 1. The second-order valence-corrected chi connectivity index (χ2v) is 6.98. The van der Waals surface area contributed by atoms with Crippen molar-refractivity contribution in [1.82, 2.24) is 5.32 Å². The maximum absolute atomic E-state index is 12.8. The average molecular weight is 327 g/mol. The van der Waals surface area contributed by atoms with E-state index in [1.807, 2.05) is 0 Å². The maximum Gasteiger partial charge on any atom is 0.416 e. The minimum atomic E-state index is -4.43. The molecule has 0 spiro atoms. The summed E-state index contributed by atoms with van der Waals surface area (Å²) in [5, 5.41) is 2.97. The summed E-state index contributed by atoms with van der Waals surface area (Å²) in [6.07, 6.45) is -1.37. The van der Waals surface area contributed by atoms with Gasteiger partial charge in [0.05, 0.1) is 5.56 Å². The summed E-state index contributed by atoms with van der Waals surface area (Å²) in [7, 11) is 0. The van der Waals surface area contributed by atoms with Gasteiger partial charge in [-0.1, -0.05) is 33.3 Å². The summed E-state index contributed by atoms with van der Waals surface area (Å²) >= 11 is 0. The molecule has 0 saturated heterocycles. The smallest absolute Gasteiger partial charge is 0.349 e. The highest BCUT2D eigenvalue weighted by Crippen LogP contribution is 2.34. The highest BCUT2D eigenvalue weighted by atomic mass is 19.4. The molecule has 0 aromatic heterocycles. The number of halogens is 3. The lowest BCUT2D eigenvalue weighted by molar-refractivity contribution is -0.137. The van der Waals surface area contributed by atoms with E-state index in [2.05, 4.69) is 26.1 Å². The van der Waals surface area contributed by atoms with Gasteiger partial charge in [-0.25, -0.2) is 0 Å². The van der Waals surface area contributed by atoms with E-state index in [-0.39, 0.29) is 11.6 Å². The van der Waals surface area contributed by atoms with Crippen LogP contribution >= 0.6 is 0 Å². The number of carbonyl (C=O) groups excluding carboxylic acids is 1. The van der Waals surface area contributed by atoms with Crippen LogP contribution in [0.5, 0.6) is 0 Å². The van der Waals surface area contributed by atoms with Crippen LogP contribution in [0.4, 0.5) is 13.2 Å². The molecule has 1 amide bonds. The van der Waals surface area contributed by atoms with Crippen molar-refractivity contribution in [1.29, 1.82) is 0 Å². The Kier molecular flexibility index (Phi) is 5.37. The van der Waals surface area contributed by atoms with Gasteiger partial charge in [0.2, 0.25) is 0 Å². The van der Waals surface area contributed by atoms with Gasteiger partial charge in [-0.3, -0.25) is 4.79 Å². The molecule has 3 atom stereocenters. The number of benzene rings is 1. The topological polar surface area (TPSA) is 29.1 Å². The molecular weight excluding hydrogens is 303 g/mol. The van der Waals surface area contributed by atoms with Gasteiger partial charge in [0.1, 0.15) is 0 Å². The van der Waals surface area contributed by atoms with Crippen molar-refractivity contribution >= 4 is 5.91 Å². The fourth-order valence-electron chi connectivity index (χ4n) is 3.46. The number of hydrogen-bond donors (Lipinski definition) is 1. The van der Waals surface area contributed by atoms with Crippen molar-refractivity contribution in [3.63, 3.8) is 0 Å². The molecule has 0 heterocycles. The third-order valence-corrected chi connectivity index (χ3v) is 4.79. The van der Waals surface area contributed by atoms with Crippen molar-refractivity contribution in [2.24, 2.45) is 17.8 Å². The lowest BCUT2D eigenvalue weighted by Gasteiger charge is -2.37. The SMILES string of the molecule is CC1CCC(C(C)C)C(NC(=O)c2cccc(C(F)(F)F)c2)C1. The average Bonchev–Trinajstić information content (AvgIpc) is 2.46. The van der Waals surface area contributed by atoms with Crippen LogP contribution in [-0.2, 0) is 6.18 Å².